The number of esters is 1. The van der Waals surface area contributed by atoms with E-state index in [1.165, 1.54) is 11.9 Å². The molecule has 0 aliphatic heterocycles. The number of likely N-dealkylation sites (N-methyl/N-ethyl adjacent to an activating group) is 1. The van der Waals surface area contributed by atoms with Gasteiger partial charge in [0.1, 0.15) is 12.6 Å². The summed E-state index contributed by atoms with van der Waals surface area (Å²) in [5.41, 5.74) is 0.400. The molecule has 0 heterocycles. The second-order valence-corrected chi connectivity index (χ2v) is 5.14. The summed E-state index contributed by atoms with van der Waals surface area (Å²) >= 11 is 5.75. The van der Waals surface area contributed by atoms with Gasteiger partial charge in [0, 0.05) is 17.6 Å². The summed E-state index contributed by atoms with van der Waals surface area (Å²) in [6.45, 7) is 3.34. The summed E-state index contributed by atoms with van der Waals surface area (Å²) in [7, 11) is 1.48. The van der Waals surface area contributed by atoms with Gasteiger partial charge in [-0.05, 0) is 38.1 Å². The standard InChI is InChI=1S/C15H19ClN2O4/c1-4-22-13(19)9-18(3)15(21)10(2)17-14(20)11-5-7-12(16)8-6-11/h5-8,10H,4,9H2,1-3H3,(H,17,20). The smallest absolute Gasteiger partial charge is 0.325 e. The van der Waals surface area contributed by atoms with Gasteiger partial charge in [0.2, 0.25) is 5.91 Å². The van der Waals surface area contributed by atoms with Gasteiger partial charge in [-0.2, -0.15) is 0 Å². The first-order chi connectivity index (χ1) is 10.3. The van der Waals surface area contributed by atoms with Gasteiger partial charge in [-0.15, -0.1) is 0 Å². The summed E-state index contributed by atoms with van der Waals surface area (Å²) in [6, 6.07) is 5.56. The highest BCUT2D eigenvalue weighted by Gasteiger charge is 2.22. The molecule has 1 aromatic rings. The third-order valence-corrected chi connectivity index (χ3v) is 3.12. The Morgan fingerprint density at radius 1 is 1.27 bits per heavy atom. The fourth-order valence-electron chi connectivity index (χ4n) is 1.75. The van der Waals surface area contributed by atoms with E-state index in [0.29, 0.717) is 10.6 Å². The summed E-state index contributed by atoms with van der Waals surface area (Å²) < 4.78 is 4.77. The van der Waals surface area contributed by atoms with Gasteiger partial charge in [-0.25, -0.2) is 0 Å². The van der Waals surface area contributed by atoms with Crippen LogP contribution in [0.5, 0.6) is 0 Å². The quantitative estimate of drug-likeness (QED) is 0.803. The van der Waals surface area contributed by atoms with Crippen LogP contribution in [0.3, 0.4) is 0 Å². The molecule has 0 saturated carbocycles. The van der Waals surface area contributed by atoms with Crippen molar-refractivity contribution in [2.75, 3.05) is 20.2 Å². The number of nitrogens with one attached hydrogen (secondary N) is 1. The number of nitrogens with zero attached hydrogens (tertiary/aromatic N) is 1. The van der Waals surface area contributed by atoms with Crippen molar-refractivity contribution in [2.24, 2.45) is 0 Å². The molecule has 0 radical (unpaired) electrons. The largest absolute Gasteiger partial charge is 0.465 e. The van der Waals surface area contributed by atoms with Crippen molar-refractivity contribution in [3.63, 3.8) is 0 Å². The number of ether oxygens (including phenoxy) is 1. The van der Waals surface area contributed by atoms with Gasteiger partial charge in [-0.1, -0.05) is 11.6 Å². The van der Waals surface area contributed by atoms with Crippen LogP contribution < -0.4 is 5.32 Å². The number of amides is 2. The second-order valence-electron chi connectivity index (χ2n) is 4.70. The van der Waals surface area contributed by atoms with E-state index in [9.17, 15) is 14.4 Å². The number of hydrogen-bond donors (Lipinski definition) is 1. The number of rotatable bonds is 6. The van der Waals surface area contributed by atoms with E-state index in [4.69, 9.17) is 16.3 Å². The zero-order chi connectivity index (χ0) is 16.7. The van der Waals surface area contributed by atoms with Crippen molar-refractivity contribution in [2.45, 2.75) is 19.9 Å². The molecule has 1 atom stereocenters. The molecule has 2 amide bonds. The highest BCUT2D eigenvalue weighted by Crippen LogP contribution is 2.09. The predicted molar refractivity (Wildman–Crippen MR) is 82.7 cm³/mol. The first kappa shape index (κ1) is 18.0. The van der Waals surface area contributed by atoms with Crippen molar-refractivity contribution >= 4 is 29.4 Å². The van der Waals surface area contributed by atoms with Crippen LogP contribution in [-0.4, -0.2) is 48.9 Å². The molecule has 0 bridgehead atoms. The highest BCUT2D eigenvalue weighted by atomic mass is 35.5. The minimum Gasteiger partial charge on any atom is -0.465 e. The average Bonchev–Trinajstić information content (AvgIpc) is 2.47. The van der Waals surface area contributed by atoms with Crippen molar-refractivity contribution in [1.82, 2.24) is 10.2 Å². The first-order valence-electron chi connectivity index (χ1n) is 6.82. The van der Waals surface area contributed by atoms with E-state index in [0.717, 1.165) is 0 Å². The number of carbonyl (C=O) groups excluding carboxylic acids is 3. The highest BCUT2D eigenvalue weighted by molar-refractivity contribution is 6.30. The molecule has 1 aromatic carbocycles. The minimum absolute atomic E-state index is 0.159. The van der Waals surface area contributed by atoms with E-state index in [1.54, 1.807) is 38.1 Å². The summed E-state index contributed by atoms with van der Waals surface area (Å²) in [5.74, 6) is -1.26. The van der Waals surface area contributed by atoms with Crippen LogP contribution in [0.1, 0.15) is 24.2 Å². The van der Waals surface area contributed by atoms with Gasteiger partial charge in [0.25, 0.3) is 5.91 Å². The molecule has 6 nitrogen and oxygen atoms in total. The Morgan fingerprint density at radius 2 is 1.86 bits per heavy atom. The zero-order valence-corrected chi connectivity index (χ0v) is 13.5. The van der Waals surface area contributed by atoms with Crippen LogP contribution in [0.15, 0.2) is 24.3 Å². The van der Waals surface area contributed by atoms with Gasteiger partial charge < -0.3 is 15.0 Å². The normalized spacial score (nSPS) is 11.5. The molecule has 0 spiro atoms. The van der Waals surface area contributed by atoms with Crippen LogP contribution in [0, 0.1) is 0 Å². The molecule has 22 heavy (non-hydrogen) atoms. The molecule has 120 valence electrons. The van der Waals surface area contributed by atoms with Crippen LogP contribution in [0.2, 0.25) is 5.02 Å². The second kappa shape index (κ2) is 8.38. The van der Waals surface area contributed by atoms with E-state index >= 15 is 0 Å². The molecule has 0 fully saturated rings. The summed E-state index contributed by atoms with van der Waals surface area (Å²) in [5, 5.41) is 3.10. The molecule has 1 rings (SSSR count). The van der Waals surface area contributed by atoms with E-state index < -0.39 is 12.0 Å². The van der Waals surface area contributed by atoms with Crippen molar-refractivity contribution in [1.29, 1.82) is 0 Å². The molecule has 1 N–H and O–H groups in total. The van der Waals surface area contributed by atoms with Crippen LogP contribution in [0.25, 0.3) is 0 Å². The number of hydrogen-bond acceptors (Lipinski definition) is 4. The van der Waals surface area contributed by atoms with Crippen LogP contribution in [-0.2, 0) is 14.3 Å². The fraction of sp³-hybridized carbons (Fsp3) is 0.400. The van der Waals surface area contributed by atoms with Gasteiger partial charge in [0.15, 0.2) is 0 Å². The summed E-state index contributed by atoms with van der Waals surface area (Å²) in [4.78, 5) is 36.6. The van der Waals surface area contributed by atoms with Crippen LogP contribution in [0.4, 0.5) is 0 Å². The van der Waals surface area contributed by atoms with Gasteiger partial charge >= 0.3 is 5.97 Å². The van der Waals surface area contributed by atoms with E-state index in [2.05, 4.69) is 5.32 Å². The van der Waals surface area contributed by atoms with E-state index in [1.807, 2.05) is 0 Å². The Hall–Kier alpha value is -2.08. The number of halogens is 1. The van der Waals surface area contributed by atoms with Crippen molar-refractivity contribution in [3.05, 3.63) is 34.9 Å². The Morgan fingerprint density at radius 3 is 2.41 bits per heavy atom. The Labute approximate surface area is 134 Å². The number of carbonyl (C=O) groups is 3. The Bertz CT molecular complexity index is 545. The van der Waals surface area contributed by atoms with Crippen LogP contribution >= 0.6 is 11.6 Å². The maximum absolute atomic E-state index is 12.1. The maximum atomic E-state index is 12.1. The molecule has 1 unspecified atom stereocenters. The molecule has 0 aliphatic carbocycles. The fourth-order valence-corrected chi connectivity index (χ4v) is 1.88. The van der Waals surface area contributed by atoms with Crippen molar-refractivity contribution < 1.29 is 19.1 Å². The maximum Gasteiger partial charge on any atom is 0.325 e. The molecule has 0 aromatic heterocycles. The lowest BCUT2D eigenvalue weighted by atomic mass is 10.2. The monoisotopic (exact) mass is 326 g/mol. The first-order valence-corrected chi connectivity index (χ1v) is 7.20. The lowest BCUT2D eigenvalue weighted by molar-refractivity contribution is -0.148. The van der Waals surface area contributed by atoms with Crippen molar-refractivity contribution in [3.8, 4) is 0 Å². The molecular weight excluding hydrogens is 308 g/mol. The molecule has 0 aliphatic rings. The molecular formula is C15H19ClN2O4. The predicted octanol–water partition coefficient (Wildman–Crippen LogP) is 1.48. The third kappa shape index (κ3) is 5.37. The average molecular weight is 327 g/mol. The summed E-state index contributed by atoms with van der Waals surface area (Å²) in [6.07, 6.45) is 0. The Balaban J connectivity index is 2.57. The third-order valence-electron chi connectivity index (χ3n) is 2.87. The lowest BCUT2D eigenvalue weighted by Crippen LogP contribution is -2.47. The SMILES string of the molecule is CCOC(=O)CN(C)C(=O)C(C)NC(=O)c1ccc(Cl)cc1. The van der Waals surface area contributed by atoms with Gasteiger partial charge in [0.05, 0.1) is 6.61 Å². The molecule has 7 heteroatoms. The Kier molecular flexibility index (Phi) is 6.85. The topological polar surface area (TPSA) is 75.7 Å². The minimum atomic E-state index is -0.761. The van der Waals surface area contributed by atoms with Gasteiger partial charge in [-0.3, -0.25) is 14.4 Å². The molecule has 0 saturated heterocycles. The number of benzene rings is 1. The zero-order valence-electron chi connectivity index (χ0n) is 12.8. The lowest BCUT2D eigenvalue weighted by Gasteiger charge is -2.21. The van der Waals surface area contributed by atoms with E-state index in [-0.39, 0.29) is 25.0 Å².